The van der Waals surface area contributed by atoms with E-state index in [4.69, 9.17) is 22.4 Å². The highest BCUT2D eigenvalue weighted by molar-refractivity contribution is 6.30. The van der Waals surface area contributed by atoms with Gasteiger partial charge in [-0.2, -0.15) is 0 Å². The number of piperidine rings is 1. The van der Waals surface area contributed by atoms with Crippen LogP contribution in [0.2, 0.25) is 5.02 Å². The van der Waals surface area contributed by atoms with Gasteiger partial charge in [-0.05, 0) is 85.6 Å². The van der Waals surface area contributed by atoms with Crippen LogP contribution in [0.5, 0.6) is 0 Å². The maximum Gasteiger partial charge on any atom is 0.0872 e. The summed E-state index contributed by atoms with van der Waals surface area (Å²) < 4.78 is 0. The number of nitrogens with one attached hydrogen (secondary N) is 1. The minimum absolute atomic E-state index is 0.262. The van der Waals surface area contributed by atoms with Crippen molar-refractivity contribution in [2.24, 2.45) is 11.8 Å². The van der Waals surface area contributed by atoms with Gasteiger partial charge in [-0.1, -0.05) is 23.7 Å². The molecule has 6 heteroatoms. The van der Waals surface area contributed by atoms with Gasteiger partial charge < -0.3 is 10.2 Å². The molecule has 3 N–H and O–H groups in total. The van der Waals surface area contributed by atoms with E-state index in [1.807, 2.05) is 17.3 Å². The third-order valence-electron chi connectivity index (χ3n) is 7.44. The average molecular weight is 450 g/mol. The van der Waals surface area contributed by atoms with Crippen LogP contribution in [-0.4, -0.2) is 41.2 Å². The van der Waals surface area contributed by atoms with E-state index < -0.39 is 0 Å². The molecule has 5 nitrogen and oxygen atoms in total. The van der Waals surface area contributed by atoms with E-state index >= 15 is 0 Å². The van der Waals surface area contributed by atoms with E-state index in [9.17, 15) is 0 Å². The molecule has 0 radical (unpaired) electrons. The number of halogens is 1. The number of pyridine rings is 1. The van der Waals surface area contributed by atoms with Gasteiger partial charge in [0.2, 0.25) is 0 Å². The third kappa shape index (κ3) is 4.05. The number of nitrogens with zero attached hydrogens (tertiary/aromatic N) is 3. The van der Waals surface area contributed by atoms with E-state index in [-0.39, 0.29) is 5.92 Å². The zero-order valence-electron chi connectivity index (χ0n) is 18.9. The SMILES string of the molecule is CC1=C(C)N(CCC2=Cc3cccnc3C(C3CCN(N)CC3)c3ccc(Cl)cc32)CN1. The van der Waals surface area contributed by atoms with Crippen molar-refractivity contribution in [3.05, 3.63) is 75.3 Å². The van der Waals surface area contributed by atoms with Crippen LogP contribution in [0.4, 0.5) is 0 Å². The normalized spacial score (nSPS) is 21.7. The molecule has 1 aromatic heterocycles. The third-order valence-corrected chi connectivity index (χ3v) is 7.68. The van der Waals surface area contributed by atoms with Gasteiger partial charge in [-0.3, -0.25) is 10.8 Å². The monoisotopic (exact) mass is 449 g/mol. The molecular weight excluding hydrogens is 418 g/mol. The van der Waals surface area contributed by atoms with Gasteiger partial charge in [0, 0.05) is 48.2 Å². The fraction of sp³-hybridized carbons (Fsp3) is 0.423. The molecule has 1 aliphatic carbocycles. The van der Waals surface area contributed by atoms with Crippen molar-refractivity contribution in [2.75, 3.05) is 26.3 Å². The average Bonchev–Trinajstić information content (AvgIpc) is 3.04. The van der Waals surface area contributed by atoms with Crippen LogP contribution in [0.1, 0.15) is 61.4 Å². The molecule has 1 aromatic carbocycles. The Labute approximate surface area is 195 Å². The first-order chi connectivity index (χ1) is 15.5. The summed E-state index contributed by atoms with van der Waals surface area (Å²) in [6.07, 6.45) is 7.41. The summed E-state index contributed by atoms with van der Waals surface area (Å²) in [7, 11) is 0. The van der Waals surface area contributed by atoms with Crippen LogP contribution in [-0.2, 0) is 0 Å². The van der Waals surface area contributed by atoms with Gasteiger partial charge in [0.15, 0.2) is 0 Å². The summed E-state index contributed by atoms with van der Waals surface area (Å²) in [5.41, 5.74) is 9.00. The molecule has 0 bridgehead atoms. The molecule has 1 unspecified atom stereocenters. The van der Waals surface area contributed by atoms with E-state index in [0.29, 0.717) is 5.92 Å². The fourth-order valence-corrected chi connectivity index (χ4v) is 5.61. The van der Waals surface area contributed by atoms with Gasteiger partial charge in [0.1, 0.15) is 0 Å². The first-order valence-electron chi connectivity index (χ1n) is 11.6. The highest BCUT2D eigenvalue weighted by Crippen LogP contribution is 2.45. The molecule has 0 saturated carbocycles. The molecule has 2 aliphatic heterocycles. The van der Waals surface area contributed by atoms with E-state index in [0.717, 1.165) is 50.6 Å². The Hall–Kier alpha value is -2.34. The summed E-state index contributed by atoms with van der Waals surface area (Å²) in [6.45, 7) is 8.06. The predicted octanol–water partition coefficient (Wildman–Crippen LogP) is 4.81. The lowest BCUT2D eigenvalue weighted by Crippen LogP contribution is -2.40. The minimum Gasteiger partial charge on any atom is -0.370 e. The summed E-state index contributed by atoms with van der Waals surface area (Å²) in [6, 6.07) is 10.7. The number of hydrogen-bond donors (Lipinski definition) is 2. The zero-order chi connectivity index (χ0) is 22.2. The molecule has 5 rings (SSSR count). The summed E-state index contributed by atoms with van der Waals surface area (Å²) in [5.74, 6) is 6.87. The second-order valence-corrected chi connectivity index (χ2v) is 9.73. The molecule has 0 spiro atoms. The van der Waals surface area contributed by atoms with E-state index in [1.54, 1.807) is 0 Å². The lowest BCUT2D eigenvalue weighted by atomic mass is 9.76. The fourth-order valence-electron chi connectivity index (χ4n) is 5.44. The molecule has 2 aromatic rings. The number of hydrazine groups is 1. The van der Waals surface area contributed by atoms with Crippen molar-refractivity contribution >= 4 is 23.3 Å². The highest BCUT2D eigenvalue weighted by Gasteiger charge is 2.34. The maximum atomic E-state index is 6.53. The van der Waals surface area contributed by atoms with Crippen LogP contribution >= 0.6 is 11.6 Å². The van der Waals surface area contributed by atoms with Gasteiger partial charge >= 0.3 is 0 Å². The molecule has 1 fully saturated rings. The molecule has 1 saturated heterocycles. The number of nitrogens with two attached hydrogens (primary N) is 1. The number of aromatic nitrogens is 1. The predicted molar refractivity (Wildman–Crippen MR) is 132 cm³/mol. The van der Waals surface area contributed by atoms with Crippen molar-refractivity contribution in [2.45, 2.75) is 39.0 Å². The first-order valence-corrected chi connectivity index (χ1v) is 12.0. The number of fused-ring (bicyclic) bond motifs is 2. The minimum atomic E-state index is 0.262. The number of benzene rings is 1. The second kappa shape index (κ2) is 8.89. The number of allylic oxidation sites excluding steroid dienone is 2. The Balaban J connectivity index is 1.55. The Morgan fingerprint density at radius 2 is 2.00 bits per heavy atom. The van der Waals surface area contributed by atoms with Crippen LogP contribution in [0, 0.1) is 5.92 Å². The molecule has 1 atom stereocenters. The van der Waals surface area contributed by atoms with Gasteiger partial charge in [0.25, 0.3) is 0 Å². The largest absolute Gasteiger partial charge is 0.370 e. The standard InChI is InChI=1S/C26H32ClN5/c1-17-18(2)31(16-30-17)11-7-20-14-21-4-3-10-29-26(21)25(19-8-12-32(28)13-9-19)23-6-5-22(27)15-24(20)23/h3-6,10,14-15,19,25,30H,7-9,11-13,16,28H2,1-2H3. The van der Waals surface area contributed by atoms with Crippen molar-refractivity contribution in [3.63, 3.8) is 0 Å². The van der Waals surface area contributed by atoms with Crippen molar-refractivity contribution in [1.82, 2.24) is 20.2 Å². The lowest BCUT2D eigenvalue weighted by molar-refractivity contribution is 0.177. The number of hydrogen-bond acceptors (Lipinski definition) is 5. The molecular formula is C26H32ClN5. The first kappa shape index (κ1) is 21.5. The quantitative estimate of drug-likeness (QED) is 0.656. The summed E-state index contributed by atoms with van der Waals surface area (Å²) in [5, 5.41) is 6.19. The zero-order valence-corrected chi connectivity index (χ0v) is 19.7. The molecule has 168 valence electrons. The van der Waals surface area contributed by atoms with Gasteiger partial charge in [-0.15, -0.1) is 0 Å². The van der Waals surface area contributed by atoms with Crippen molar-refractivity contribution in [1.29, 1.82) is 0 Å². The van der Waals surface area contributed by atoms with Crippen molar-refractivity contribution in [3.8, 4) is 0 Å². The lowest BCUT2D eigenvalue weighted by Gasteiger charge is -2.35. The van der Waals surface area contributed by atoms with Crippen LogP contribution in [0.3, 0.4) is 0 Å². The summed E-state index contributed by atoms with van der Waals surface area (Å²) >= 11 is 6.53. The Kier molecular flexibility index (Phi) is 5.97. The van der Waals surface area contributed by atoms with Gasteiger partial charge in [0.05, 0.1) is 12.4 Å². The maximum absolute atomic E-state index is 6.53. The smallest absolute Gasteiger partial charge is 0.0872 e. The second-order valence-electron chi connectivity index (χ2n) is 9.29. The van der Waals surface area contributed by atoms with Crippen molar-refractivity contribution < 1.29 is 0 Å². The number of rotatable bonds is 4. The molecule has 3 heterocycles. The molecule has 0 amide bonds. The van der Waals surface area contributed by atoms with E-state index in [2.05, 4.69) is 54.4 Å². The Bertz CT molecular complexity index is 1070. The van der Waals surface area contributed by atoms with E-state index in [1.165, 1.54) is 39.4 Å². The Morgan fingerprint density at radius 3 is 2.75 bits per heavy atom. The van der Waals surface area contributed by atoms with Gasteiger partial charge in [-0.25, -0.2) is 5.01 Å². The topological polar surface area (TPSA) is 57.4 Å². The molecule has 3 aliphatic rings. The van der Waals surface area contributed by atoms with Crippen LogP contribution < -0.4 is 11.2 Å². The molecule has 32 heavy (non-hydrogen) atoms. The van der Waals surface area contributed by atoms with Crippen LogP contribution in [0.15, 0.2) is 47.9 Å². The highest BCUT2D eigenvalue weighted by atomic mass is 35.5. The summed E-state index contributed by atoms with van der Waals surface area (Å²) in [4.78, 5) is 7.34. The Morgan fingerprint density at radius 1 is 1.19 bits per heavy atom. The van der Waals surface area contributed by atoms with Crippen LogP contribution in [0.25, 0.3) is 11.6 Å².